The highest BCUT2D eigenvalue weighted by Gasteiger charge is 2.31. The van der Waals surface area contributed by atoms with Crippen LogP contribution in [-0.4, -0.2) is 50.3 Å². The summed E-state index contributed by atoms with van der Waals surface area (Å²) in [6, 6.07) is 0. The van der Waals surface area contributed by atoms with Crippen molar-refractivity contribution in [1.82, 2.24) is 4.90 Å². The van der Waals surface area contributed by atoms with Crippen molar-refractivity contribution in [3.8, 4) is 0 Å². The van der Waals surface area contributed by atoms with Crippen LogP contribution in [0.1, 0.15) is 34.1 Å². The summed E-state index contributed by atoms with van der Waals surface area (Å²) < 4.78 is 10.0. The minimum absolute atomic E-state index is 0.00763. The third-order valence-corrected chi connectivity index (χ3v) is 5.59. The highest BCUT2D eigenvalue weighted by molar-refractivity contribution is 7.17. The predicted molar refractivity (Wildman–Crippen MR) is 88.3 cm³/mol. The topological polar surface area (TPSA) is 67.9 Å². The van der Waals surface area contributed by atoms with E-state index in [-0.39, 0.29) is 5.91 Å². The number of hydrogen-bond donors (Lipinski definition) is 1. The summed E-state index contributed by atoms with van der Waals surface area (Å²) in [5, 5.41) is 3.35. The first-order chi connectivity index (χ1) is 11.1. The number of anilines is 1. The van der Waals surface area contributed by atoms with Crippen molar-refractivity contribution >= 4 is 28.3 Å². The van der Waals surface area contributed by atoms with Crippen molar-refractivity contribution in [3.63, 3.8) is 0 Å². The normalized spacial score (nSPS) is 20.8. The molecule has 126 valence electrons. The van der Waals surface area contributed by atoms with Gasteiger partial charge < -0.3 is 14.4 Å². The van der Waals surface area contributed by atoms with Gasteiger partial charge in [0.1, 0.15) is 5.00 Å². The Morgan fingerprint density at radius 1 is 1.35 bits per heavy atom. The summed E-state index contributed by atoms with van der Waals surface area (Å²) in [6.45, 7) is 4.54. The van der Waals surface area contributed by atoms with Crippen LogP contribution in [0.4, 0.5) is 9.80 Å². The summed E-state index contributed by atoms with van der Waals surface area (Å²) in [5.74, 6) is 0.602. The minimum atomic E-state index is -0.535. The summed E-state index contributed by atoms with van der Waals surface area (Å²) >= 11 is 1.51. The van der Waals surface area contributed by atoms with Crippen molar-refractivity contribution in [2.75, 3.05) is 38.7 Å². The lowest BCUT2D eigenvalue weighted by Crippen LogP contribution is -2.41. The zero-order valence-corrected chi connectivity index (χ0v) is 14.3. The molecule has 2 amide bonds. The lowest BCUT2D eigenvalue weighted by Gasteiger charge is -2.28. The molecular weight excluding hydrogens is 316 g/mol. The number of amides is 2. The molecule has 1 aromatic heterocycles. The molecule has 1 aliphatic carbocycles. The molecule has 0 saturated carbocycles. The average Bonchev–Trinajstić information content (AvgIpc) is 2.91. The van der Waals surface area contributed by atoms with E-state index >= 15 is 0 Å². The number of fused-ring (bicyclic) bond motifs is 1. The van der Waals surface area contributed by atoms with Crippen molar-refractivity contribution in [1.29, 1.82) is 0 Å². The fraction of sp³-hybridized carbons (Fsp3) is 0.625. The van der Waals surface area contributed by atoms with Crippen LogP contribution in [0.15, 0.2) is 0 Å². The van der Waals surface area contributed by atoms with E-state index in [4.69, 9.17) is 9.47 Å². The number of carbonyl (C=O) groups excluding carboxylic acids is 2. The zero-order valence-electron chi connectivity index (χ0n) is 13.5. The van der Waals surface area contributed by atoms with Gasteiger partial charge in [0.25, 0.3) is 5.91 Å². The van der Waals surface area contributed by atoms with E-state index in [1.54, 1.807) is 0 Å². The Balaban J connectivity index is 1.95. The Hall–Kier alpha value is -1.60. The van der Waals surface area contributed by atoms with Gasteiger partial charge in [-0.3, -0.25) is 10.1 Å². The van der Waals surface area contributed by atoms with Gasteiger partial charge in [-0.15, -0.1) is 11.3 Å². The van der Waals surface area contributed by atoms with E-state index in [1.807, 2.05) is 4.90 Å². The number of thiophene rings is 1. The number of rotatable bonds is 2. The molecule has 0 aromatic carbocycles. The maximum absolute atomic E-state index is 13.0. The molecule has 2 aliphatic rings. The second kappa shape index (κ2) is 6.88. The Labute approximate surface area is 139 Å². The monoisotopic (exact) mass is 338 g/mol. The molecule has 1 N–H and O–H groups in total. The van der Waals surface area contributed by atoms with Crippen LogP contribution in [0.25, 0.3) is 0 Å². The van der Waals surface area contributed by atoms with Gasteiger partial charge in [0.05, 0.1) is 25.9 Å². The third-order valence-electron chi connectivity index (χ3n) is 4.42. The second-order valence-electron chi connectivity index (χ2n) is 6.08. The van der Waals surface area contributed by atoms with Crippen molar-refractivity contribution in [3.05, 3.63) is 16.0 Å². The van der Waals surface area contributed by atoms with E-state index in [2.05, 4.69) is 12.2 Å². The van der Waals surface area contributed by atoms with E-state index in [9.17, 15) is 9.59 Å². The molecule has 1 aliphatic heterocycles. The van der Waals surface area contributed by atoms with Crippen LogP contribution in [0.3, 0.4) is 0 Å². The van der Waals surface area contributed by atoms with Crippen LogP contribution in [-0.2, 0) is 22.3 Å². The van der Waals surface area contributed by atoms with Gasteiger partial charge in [0, 0.05) is 18.0 Å². The van der Waals surface area contributed by atoms with E-state index in [0.717, 1.165) is 24.8 Å². The van der Waals surface area contributed by atoms with E-state index < -0.39 is 6.09 Å². The molecule has 1 saturated heterocycles. The first-order valence-electron chi connectivity index (χ1n) is 7.96. The van der Waals surface area contributed by atoms with Crippen LogP contribution >= 0.6 is 11.3 Å². The first-order valence-corrected chi connectivity index (χ1v) is 8.78. The molecule has 23 heavy (non-hydrogen) atoms. The largest absolute Gasteiger partial charge is 0.453 e. The summed E-state index contributed by atoms with van der Waals surface area (Å²) in [7, 11) is 1.33. The van der Waals surface area contributed by atoms with Crippen LogP contribution < -0.4 is 5.32 Å². The number of hydrogen-bond acceptors (Lipinski definition) is 5. The second-order valence-corrected chi connectivity index (χ2v) is 7.18. The summed E-state index contributed by atoms with van der Waals surface area (Å²) in [5.41, 5.74) is 1.76. The van der Waals surface area contributed by atoms with Crippen molar-refractivity contribution < 1.29 is 19.1 Å². The SMILES string of the molecule is COC(=O)Nc1sc2c(c1C(=O)N1CCOCC1)CC[C@H](C)C2. The number of carbonyl (C=O) groups is 2. The first kappa shape index (κ1) is 16.3. The molecule has 1 aromatic rings. The Morgan fingerprint density at radius 2 is 2.09 bits per heavy atom. The Bertz CT molecular complexity index is 607. The van der Waals surface area contributed by atoms with Gasteiger partial charge in [-0.2, -0.15) is 0 Å². The average molecular weight is 338 g/mol. The molecule has 1 fully saturated rings. The molecular formula is C16H22N2O4S. The van der Waals surface area contributed by atoms with Gasteiger partial charge in [0.2, 0.25) is 0 Å². The maximum Gasteiger partial charge on any atom is 0.411 e. The van der Waals surface area contributed by atoms with Gasteiger partial charge in [-0.1, -0.05) is 6.92 Å². The molecule has 7 heteroatoms. The lowest BCUT2D eigenvalue weighted by molar-refractivity contribution is 0.0303. The predicted octanol–water partition coefficient (Wildman–Crippen LogP) is 2.52. The number of ether oxygens (including phenoxy) is 2. The number of nitrogens with one attached hydrogen (secondary N) is 1. The minimum Gasteiger partial charge on any atom is -0.453 e. The molecule has 2 heterocycles. The number of methoxy groups -OCH3 is 1. The lowest BCUT2D eigenvalue weighted by atomic mass is 9.88. The maximum atomic E-state index is 13.0. The van der Waals surface area contributed by atoms with Gasteiger partial charge >= 0.3 is 6.09 Å². The zero-order chi connectivity index (χ0) is 16.4. The highest BCUT2D eigenvalue weighted by Crippen LogP contribution is 2.40. The standard InChI is InChI=1S/C16H22N2O4S/c1-10-3-4-11-12(9-10)23-14(17-16(20)21-2)13(11)15(19)18-5-7-22-8-6-18/h10H,3-9H2,1-2H3,(H,17,20)/t10-/m0/s1. The Kier molecular flexibility index (Phi) is 4.87. The van der Waals surface area contributed by atoms with Gasteiger partial charge in [0.15, 0.2) is 0 Å². The van der Waals surface area contributed by atoms with E-state index in [1.165, 1.54) is 23.3 Å². The molecule has 0 radical (unpaired) electrons. The Morgan fingerprint density at radius 3 is 2.78 bits per heavy atom. The van der Waals surface area contributed by atoms with E-state index in [0.29, 0.717) is 42.8 Å². The van der Waals surface area contributed by atoms with Crippen molar-refractivity contribution in [2.45, 2.75) is 26.2 Å². The van der Waals surface area contributed by atoms with Crippen LogP contribution in [0.2, 0.25) is 0 Å². The van der Waals surface area contributed by atoms with Gasteiger partial charge in [-0.25, -0.2) is 4.79 Å². The van der Waals surface area contributed by atoms with Crippen LogP contribution in [0, 0.1) is 5.92 Å². The molecule has 6 nitrogen and oxygen atoms in total. The number of morpholine rings is 1. The molecule has 0 spiro atoms. The van der Waals surface area contributed by atoms with Gasteiger partial charge in [-0.05, 0) is 30.7 Å². The molecule has 3 rings (SSSR count). The number of nitrogens with zero attached hydrogens (tertiary/aromatic N) is 1. The molecule has 1 atom stereocenters. The van der Waals surface area contributed by atoms with Crippen molar-refractivity contribution in [2.24, 2.45) is 5.92 Å². The quantitative estimate of drug-likeness (QED) is 0.900. The third kappa shape index (κ3) is 3.35. The fourth-order valence-corrected chi connectivity index (χ4v) is 4.52. The molecule has 0 unspecified atom stereocenters. The van der Waals surface area contributed by atoms with Crippen LogP contribution in [0.5, 0.6) is 0 Å². The highest BCUT2D eigenvalue weighted by atomic mass is 32.1. The fourth-order valence-electron chi connectivity index (χ4n) is 3.13. The smallest absolute Gasteiger partial charge is 0.411 e. The summed E-state index contributed by atoms with van der Waals surface area (Å²) in [4.78, 5) is 27.7. The summed E-state index contributed by atoms with van der Waals surface area (Å²) in [6.07, 6.45) is 2.39. The molecule has 0 bridgehead atoms.